The minimum Gasteiger partial charge on any atom is -0.299 e. The molecule has 0 saturated carbocycles. The molecule has 11 nitrogen and oxygen atoms in total. The summed E-state index contributed by atoms with van der Waals surface area (Å²) in [4.78, 5) is 69.9. The summed E-state index contributed by atoms with van der Waals surface area (Å²) in [6.45, 7) is 6.81. The maximum atomic E-state index is 12.6. The Balaban J connectivity index is 2.02. The zero-order valence-corrected chi connectivity index (χ0v) is 15.7. The summed E-state index contributed by atoms with van der Waals surface area (Å²) >= 11 is 0. The number of nitrogens with one attached hydrogen (secondary N) is 1. The molecule has 11 heteroatoms. The van der Waals surface area contributed by atoms with Crippen LogP contribution in [0.25, 0.3) is 0 Å². The molecule has 5 amide bonds. The molecule has 0 aromatic rings. The van der Waals surface area contributed by atoms with E-state index in [9.17, 15) is 24.0 Å². The van der Waals surface area contributed by atoms with E-state index < -0.39 is 37.0 Å². The third kappa shape index (κ3) is 1.97. The summed E-state index contributed by atoms with van der Waals surface area (Å²) in [5.41, 5.74) is 0. The van der Waals surface area contributed by atoms with E-state index in [2.05, 4.69) is 5.32 Å². The van der Waals surface area contributed by atoms with Gasteiger partial charge in [0.25, 0.3) is 0 Å². The van der Waals surface area contributed by atoms with Crippen LogP contribution in [0.15, 0.2) is 0 Å². The molecule has 0 aliphatic carbocycles. The predicted molar refractivity (Wildman–Crippen MR) is 88.5 cm³/mol. The standard InChI is InChI=1S/C16H22N6O5/c1-6(23)18-11-13-20(8(3)25)14-12(17-11)19(7(2)24)16(22(14)10(5)27)15(18)21(13)9(4)26/h11-17H,1-5H3/t11-,12+,13+,14-,15+,16-. The summed E-state index contributed by atoms with van der Waals surface area (Å²) in [7, 11) is 0. The quantitative estimate of drug-likeness (QED) is 0.513. The number of carbonyl (C=O) groups excluding carboxylic acids is 5. The highest BCUT2D eigenvalue weighted by Crippen LogP contribution is 2.47. The number of nitrogens with zero attached hydrogens (tertiary/aromatic N) is 5. The van der Waals surface area contributed by atoms with Gasteiger partial charge in [0.2, 0.25) is 29.5 Å². The second-order valence-corrected chi connectivity index (χ2v) is 7.34. The van der Waals surface area contributed by atoms with Crippen molar-refractivity contribution in [2.75, 3.05) is 0 Å². The molecule has 5 heterocycles. The van der Waals surface area contributed by atoms with E-state index in [0.717, 1.165) is 0 Å². The van der Waals surface area contributed by atoms with Gasteiger partial charge >= 0.3 is 0 Å². The monoisotopic (exact) mass is 378 g/mol. The Hall–Kier alpha value is -2.69. The van der Waals surface area contributed by atoms with Crippen molar-refractivity contribution in [2.45, 2.75) is 71.6 Å². The van der Waals surface area contributed by atoms with Gasteiger partial charge in [-0.25, -0.2) is 0 Å². The molecule has 5 fully saturated rings. The maximum Gasteiger partial charge on any atom is 0.222 e. The molecule has 0 radical (unpaired) electrons. The lowest BCUT2D eigenvalue weighted by Gasteiger charge is -2.49. The molecule has 0 unspecified atom stereocenters. The third-order valence-corrected chi connectivity index (χ3v) is 5.87. The maximum absolute atomic E-state index is 12.6. The van der Waals surface area contributed by atoms with Crippen LogP contribution in [0.5, 0.6) is 0 Å². The van der Waals surface area contributed by atoms with E-state index in [1.54, 1.807) is 0 Å². The Morgan fingerprint density at radius 1 is 0.481 bits per heavy atom. The average molecular weight is 378 g/mol. The van der Waals surface area contributed by atoms with Crippen LogP contribution in [0.1, 0.15) is 34.6 Å². The van der Waals surface area contributed by atoms with Crippen molar-refractivity contribution in [2.24, 2.45) is 0 Å². The lowest BCUT2D eigenvalue weighted by Crippen LogP contribution is -2.74. The highest BCUT2D eigenvalue weighted by molar-refractivity contribution is 5.85. The number of hydrogen-bond donors (Lipinski definition) is 1. The Morgan fingerprint density at radius 3 is 1.00 bits per heavy atom. The molecule has 146 valence electrons. The lowest BCUT2D eigenvalue weighted by atomic mass is 10.1. The highest BCUT2D eigenvalue weighted by atomic mass is 16.2. The van der Waals surface area contributed by atoms with Gasteiger partial charge in [0.1, 0.15) is 37.0 Å². The van der Waals surface area contributed by atoms with Crippen molar-refractivity contribution in [3.8, 4) is 0 Å². The topological polar surface area (TPSA) is 114 Å². The van der Waals surface area contributed by atoms with Crippen molar-refractivity contribution >= 4 is 29.5 Å². The van der Waals surface area contributed by atoms with Gasteiger partial charge in [-0.05, 0) is 0 Å². The van der Waals surface area contributed by atoms with Crippen LogP contribution in [-0.2, 0) is 24.0 Å². The normalized spacial score (nSPS) is 35.8. The van der Waals surface area contributed by atoms with Gasteiger partial charge in [0.05, 0.1) is 0 Å². The number of amides is 5. The van der Waals surface area contributed by atoms with E-state index in [1.807, 2.05) is 0 Å². The Labute approximate surface area is 155 Å². The van der Waals surface area contributed by atoms with Gasteiger partial charge in [-0.1, -0.05) is 0 Å². The molecule has 5 aliphatic rings. The van der Waals surface area contributed by atoms with Crippen molar-refractivity contribution in [1.29, 1.82) is 0 Å². The lowest BCUT2D eigenvalue weighted by molar-refractivity contribution is -0.161. The van der Waals surface area contributed by atoms with Gasteiger partial charge in [0.15, 0.2) is 0 Å². The summed E-state index contributed by atoms with van der Waals surface area (Å²) in [5.74, 6) is -1.65. The van der Waals surface area contributed by atoms with Crippen LogP contribution >= 0.6 is 0 Å². The van der Waals surface area contributed by atoms with E-state index >= 15 is 0 Å². The fourth-order valence-corrected chi connectivity index (χ4v) is 5.19. The van der Waals surface area contributed by atoms with E-state index in [4.69, 9.17) is 0 Å². The number of carbonyl (C=O) groups is 5. The fraction of sp³-hybridized carbons (Fsp3) is 0.688. The van der Waals surface area contributed by atoms with Crippen LogP contribution in [-0.4, -0.2) is 91.0 Å². The van der Waals surface area contributed by atoms with Crippen LogP contribution < -0.4 is 5.32 Å². The summed E-state index contributed by atoms with van der Waals surface area (Å²) in [6.07, 6.45) is -4.51. The minimum atomic E-state index is -0.866. The molecule has 0 spiro atoms. The van der Waals surface area contributed by atoms with Crippen molar-refractivity contribution in [3.63, 3.8) is 0 Å². The molecule has 6 atom stereocenters. The Bertz CT molecular complexity index is 729. The first-order chi connectivity index (χ1) is 12.6. The number of hydrogen-bond acceptors (Lipinski definition) is 6. The number of rotatable bonds is 0. The number of piperazine rings is 1. The molecule has 0 aromatic carbocycles. The van der Waals surface area contributed by atoms with Crippen molar-refractivity contribution < 1.29 is 24.0 Å². The highest BCUT2D eigenvalue weighted by Gasteiger charge is 2.72. The average Bonchev–Trinajstić information content (AvgIpc) is 2.94. The molecule has 0 aromatic heterocycles. The molecule has 1 N–H and O–H groups in total. The summed E-state index contributed by atoms with van der Waals surface area (Å²) in [6, 6.07) is 0. The van der Waals surface area contributed by atoms with Gasteiger partial charge in [-0.15, -0.1) is 0 Å². The van der Waals surface area contributed by atoms with Crippen molar-refractivity contribution in [3.05, 3.63) is 0 Å². The van der Waals surface area contributed by atoms with Crippen molar-refractivity contribution in [1.82, 2.24) is 29.8 Å². The first-order valence-electron chi connectivity index (χ1n) is 8.80. The molecule has 27 heavy (non-hydrogen) atoms. The summed E-state index contributed by atoms with van der Waals surface area (Å²) in [5, 5.41) is 3.24. The molecule has 5 rings (SSSR count). The first-order valence-corrected chi connectivity index (χ1v) is 8.80. The van der Waals surface area contributed by atoms with Crippen LogP contribution in [0.3, 0.4) is 0 Å². The predicted octanol–water partition coefficient (Wildman–Crippen LogP) is -2.17. The van der Waals surface area contributed by atoms with Gasteiger partial charge in [-0.2, -0.15) is 0 Å². The minimum absolute atomic E-state index is 0.312. The van der Waals surface area contributed by atoms with E-state index in [0.29, 0.717) is 0 Å². The summed E-state index contributed by atoms with van der Waals surface area (Å²) < 4.78 is 0. The Morgan fingerprint density at radius 2 is 0.741 bits per heavy atom. The second-order valence-electron chi connectivity index (χ2n) is 7.34. The van der Waals surface area contributed by atoms with E-state index in [1.165, 1.54) is 59.1 Å². The SMILES string of the molecule is CC(=O)N1[C@H]2[C@H]3N[C@H]4[C@@H]1N(C(C)=O)[C@@H]([C@@H](N2C(C)=O)N3C(C)=O)N4C(C)=O. The molecule has 5 aliphatic heterocycles. The van der Waals surface area contributed by atoms with Crippen LogP contribution in [0, 0.1) is 0 Å². The largest absolute Gasteiger partial charge is 0.299 e. The van der Waals surface area contributed by atoms with Gasteiger partial charge in [-0.3, -0.25) is 53.8 Å². The molecule has 5 saturated heterocycles. The first kappa shape index (κ1) is 17.7. The molecular formula is C16H22N6O5. The zero-order chi connectivity index (χ0) is 19.9. The molecular weight excluding hydrogens is 356 g/mol. The third-order valence-electron chi connectivity index (χ3n) is 5.87. The Kier molecular flexibility index (Phi) is 3.55. The van der Waals surface area contributed by atoms with Crippen LogP contribution in [0.4, 0.5) is 0 Å². The van der Waals surface area contributed by atoms with Crippen LogP contribution in [0.2, 0.25) is 0 Å². The zero-order valence-electron chi connectivity index (χ0n) is 15.7. The molecule has 6 bridgehead atoms. The second kappa shape index (κ2) is 5.41. The smallest absolute Gasteiger partial charge is 0.222 e. The fourth-order valence-electron chi connectivity index (χ4n) is 5.19. The van der Waals surface area contributed by atoms with E-state index in [-0.39, 0.29) is 29.5 Å². The van der Waals surface area contributed by atoms with Gasteiger partial charge < -0.3 is 0 Å². The van der Waals surface area contributed by atoms with Gasteiger partial charge in [0, 0.05) is 34.6 Å².